The number of nitrogens with one attached hydrogen (secondary N) is 1. The lowest BCUT2D eigenvalue weighted by Gasteiger charge is -2.27. The molecule has 3 amide bonds. The van der Waals surface area contributed by atoms with Crippen LogP contribution in [0, 0.1) is 5.92 Å². The van der Waals surface area contributed by atoms with Crippen molar-refractivity contribution in [3.05, 3.63) is 77.0 Å². The van der Waals surface area contributed by atoms with Gasteiger partial charge in [0.05, 0.1) is 16.8 Å². The first kappa shape index (κ1) is 22.2. The number of primary amides is 1. The molecular weight excluding hydrogens is 418 g/mol. The van der Waals surface area contributed by atoms with Crippen molar-refractivity contribution in [2.45, 2.75) is 32.8 Å². The highest BCUT2D eigenvalue weighted by Gasteiger charge is 2.30. The number of hydrogen-bond donors (Lipinski definition) is 2. The molecule has 3 aromatic rings. The smallest absolute Gasteiger partial charge is 0.339 e. The predicted molar refractivity (Wildman–Crippen MR) is 126 cm³/mol. The number of ether oxygens (including phenoxy) is 1. The van der Waals surface area contributed by atoms with Gasteiger partial charge >= 0.3 is 12.0 Å². The Morgan fingerprint density at radius 2 is 1.79 bits per heavy atom. The molecule has 0 bridgehead atoms. The highest BCUT2D eigenvalue weighted by molar-refractivity contribution is 6.07. The third kappa shape index (κ3) is 4.77. The first-order valence-electron chi connectivity index (χ1n) is 10.8. The molecule has 0 saturated heterocycles. The van der Waals surface area contributed by atoms with Crippen LogP contribution in [0.3, 0.4) is 0 Å². The van der Waals surface area contributed by atoms with E-state index in [0.29, 0.717) is 22.9 Å². The van der Waals surface area contributed by atoms with E-state index in [1.807, 2.05) is 59.9 Å². The minimum absolute atomic E-state index is 0.289. The van der Waals surface area contributed by atoms with Gasteiger partial charge in [-0.1, -0.05) is 55.5 Å². The number of amides is 3. The fourth-order valence-corrected chi connectivity index (χ4v) is 4.22. The van der Waals surface area contributed by atoms with Crippen LogP contribution in [0.5, 0.6) is 0 Å². The minimum atomic E-state index is -1.19. The molecule has 168 valence electrons. The largest absolute Gasteiger partial charge is 0.449 e. The molecule has 1 heterocycles. The van der Waals surface area contributed by atoms with Crippen LogP contribution in [0.15, 0.2) is 54.6 Å². The van der Waals surface area contributed by atoms with Gasteiger partial charge in [-0.3, -0.25) is 10.1 Å². The number of fused-ring (bicyclic) bond motifs is 2. The number of rotatable bonds is 4. The summed E-state index contributed by atoms with van der Waals surface area (Å²) in [5, 5.41) is 2.61. The number of urea groups is 1. The maximum atomic E-state index is 13.3. The summed E-state index contributed by atoms with van der Waals surface area (Å²) in [6.07, 6.45) is 2.41. The molecule has 2 unspecified atom stereocenters. The summed E-state index contributed by atoms with van der Waals surface area (Å²) in [6.45, 7) is 3.53. The van der Waals surface area contributed by atoms with E-state index in [4.69, 9.17) is 15.5 Å². The highest BCUT2D eigenvalue weighted by atomic mass is 16.5. The van der Waals surface area contributed by atoms with Crippen LogP contribution in [0.1, 0.15) is 47.4 Å². The van der Waals surface area contributed by atoms with E-state index in [0.717, 1.165) is 28.8 Å². The van der Waals surface area contributed by atoms with Crippen LogP contribution in [0.4, 0.5) is 4.79 Å². The molecule has 0 aliphatic heterocycles. The number of hydrogen-bond acceptors (Lipinski definition) is 5. The third-order valence-electron chi connectivity index (χ3n) is 5.66. The summed E-state index contributed by atoms with van der Waals surface area (Å²) in [5.74, 6) is -1.12. The number of carbonyl (C=O) groups excluding carboxylic acids is 3. The maximum absolute atomic E-state index is 13.3. The van der Waals surface area contributed by atoms with Crippen molar-refractivity contribution in [2.24, 2.45) is 11.7 Å². The van der Waals surface area contributed by atoms with E-state index >= 15 is 0 Å². The van der Waals surface area contributed by atoms with Crippen LogP contribution in [-0.2, 0) is 16.0 Å². The van der Waals surface area contributed by atoms with Crippen molar-refractivity contribution in [3.63, 3.8) is 0 Å². The van der Waals surface area contributed by atoms with Crippen LogP contribution in [0.25, 0.3) is 22.6 Å². The first-order valence-corrected chi connectivity index (χ1v) is 10.8. The van der Waals surface area contributed by atoms with Crippen LogP contribution >= 0.6 is 0 Å². The second-order valence-electron chi connectivity index (χ2n) is 8.33. The van der Waals surface area contributed by atoms with Crippen molar-refractivity contribution in [1.29, 1.82) is 0 Å². The van der Waals surface area contributed by atoms with Gasteiger partial charge in [0.1, 0.15) is 0 Å². The minimum Gasteiger partial charge on any atom is -0.449 e. The molecule has 0 spiro atoms. The number of pyridine rings is 1. The van der Waals surface area contributed by atoms with Crippen molar-refractivity contribution >= 4 is 40.5 Å². The summed E-state index contributed by atoms with van der Waals surface area (Å²) in [6, 6.07) is 16.4. The van der Waals surface area contributed by atoms with Crippen LogP contribution < -0.4 is 11.1 Å². The van der Waals surface area contributed by atoms with Gasteiger partial charge in [-0.2, -0.15) is 0 Å². The number of esters is 1. The molecule has 3 N–H and O–H groups in total. The molecule has 2 aromatic carbocycles. The predicted octanol–water partition coefficient (Wildman–Crippen LogP) is 4.10. The zero-order chi connectivity index (χ0) is 23.5. The average molecular weight is 444 g/mol. The first-order chi connectivity index (χ1) is 15.8. The normalized spacial score (nSPS) is 17.3. The Bertz CT molecular complexity index is 1270. The van der Waals surface area contributed by atoms with Crippen molar-refractivity contribution in [1.82, 2.24) is 10.3 Å². The van der Waals surface area contributed by atoms with E-state index < -0.39 is 24.0 Å². The standard InChI is InChI=1S/C26H25N3O4/c1-15-12-18(14-17-8-4-3-5-9-17)23-20(13-15)22(19-10-6-7-11-21(19)28-23)25(31)33-16(2)24(30)29-26(27)32/h3-11,14-16H,12-13H2,1-2H3,(H3,27,29,30,32). The number of para-hydroxylation sites is 1. The lowest BCUT2D eigenvalue weighted by atomic mass is 9.80. The summed E-state index contributed by atoms with van der Waals surface area (Å²) in [4.78, 5) is 41.3. The van der Waals surface area contributed by atoms with Crippen molar-refractivity contribution in [2.75, 3.05) is 0 Å². The van der Waals surface area contributed by atoms with E-state index in [-0.39, 0.29) is 5.92 Å². The molecule has 33 heavy (non-hydrogen) atoms. The van der Waals surface area contributed by atoms with E-state index in [1.54, 1.807) is 0 Å². The Balaban J connectivity index is 1.82. The van der Waals surface area contributed by atoms with Gasteiger partial charge in [0.15, 0.2) is 6.10 Å². The van der Waals surface area contributed by atoms with Gasteiger partial charge in [-0.05, 0) is 54.5 Å². The molecule has 0 saturated carbocycles. The number of aromatic nitrogens is 1. The molecule has 7 heteroatoms. The number of allylic oxidation sites excluding steroid dienone is 1. The molecule has 4 rings (SSSR count). The number of imide groups is 1. The zero-order valence-electron chi connectivity index (χ0n) is 18.5. The van der Waals surface area contributed by atoms with Gasteiger partial charge in [-0.25, -0.2) is 14.6 Å². The SMILES string of the molecule is CC1CC(=Cc2ccccc2)c2nc3ccccc3c(C(=O)OC(C)C(=O)NC(N)=O)c2C1. The van der Waals surface area contributed by atoms with Gasteiger partial charge < -0.3 is 10.5 Å². The van der Waals surface area contributed by atoms with Crippen LogP contribution in [0.2, 0.25) is 0 Å². The molecule has 1 aromatic heterocycles. The molecule has 0 radical (unpaired) electrons. The molecule has 7 nitrogen and oxygen atoms in total. The Labute approximate surface area is 191 Å². The number of benzene rings is 2. The average Bonchev–Trinajstić information content (AvgIpc) is 2.77. The highest BCUT2D eigenvalue weighted by Crippen LogP contribution is 2.38. The lowest BCUT2D eigenvalue weighted by molar-refractivity contribution is -0.127. The van der Waals surface area contributed by atoms with Gasteiger partial charge in [-0.15, -0.1) is 0 Å². The monoisotopic (exact) mass is 443 g/mol. The molecular formula is C26H25N3O4. The Morgan fingerprint density at radius 1 is 1.09 bits per heavy atom. The fourth-order valence-electron chi connectivity index (χ4n) is 4.22. The summed E-state index contributed by atoms with van der Waals surface area (Å²) >= 11 is 0. The quantitative estimate of drug-likeness (QED) is 0.590. The van der Waals surface area contributed by atoms with Crippen LogP contribution in [-0.4, -0.2) is 29.0 Å². The second-order valence-corrected chi connectivity index (χ2v) is 8.33. The van der Waals surface area contributed by atoms with Gasteiger partial charge in [0.2, 0.25) is 0 Å². The number of nitrogens with zero attached hydrogens (tertiary/aromatic N) is 1. The molecule has 1 aliphatic rings. The van der Waals surface area contributed by atoms with Crippen molar-refractivity contribution < 1.29 is 19.1 Å². The summed E-state index contributed by atoms with van der Waals surface area (Å²) in [5.41, 5.74) is 9.77. The number of carbonyl (C=O) groups is 3. The lowest BCUT2D eigenvalue weighted by Crippen LogP contribution is -2.42. The van der Waals surface area contributed by atoms with Gasteiger partial charge in [0, 0.05) is 5.39 Å². The maximum Gasteiger partial charge on any atom is 0.339 e. The summed E-state index contributed by atoms with van der Waals surface area (Å²) in [7, 11) is 0. The van der Waals surface area contributed by atoms with E-state index in [9.17, 15) is 14.4 Å². The Kier molecular flexibility index (Phi) is 6.22. The Hall–Kier alpha value is -4.00. The second kappa shape index (κ2) is 9.24. The third-order valence-corrected chi connectivity index (χ3v) is 5.66. The number of nitrogens with two attached hydrogens (primary N) is 1. The Morgan fingerprint density at radius 3 is 2.52 bits per heavy atom. The zero-order valence-corrected chi connectivity index (χ0v) is 18.5. The molecule has 0 fully saturated rings. The van der Waals surface area contributed by atoms with Gasteiger partial charge in [0.25, 0.3) is 5.91 Å². The molecule has 1 aliphatic carbocycles. The fraction of sp³-hybridized carbons (Fsp3) is 0.231. The molecule has 2 atom stereocenters. The summed E-state index contributed by atoms with van der Waals surface area (Å²) < 4.78 is 5.46. The van der Waals surface area contributed by atoms with Crippen molar-refractivity contribution in [3.8, 4) is 0 Å². The van der Waals surface area contributed by atoms with E-state index in [1.165, 1.54) is 6.92 Å². The van der Waals surface area contributed by atoms with E-state index in [2.05, 4.69) is 13.0 Å². The topological polar surface area (TPSA) is 111 Å².